The predicted molar refractivity (Wildman–Crippen MR) is 115 cm³/mol. The highest BCUT2D eigenvalue weighted by molar-refractivity contribution is 6.05. The third kappa shape index (κ3) is 6.10. The lowest BCUT2D eigenvalue weighted by Crippen LogP contribution is -2.34. The summed E-state index contributed by atoms with van der Waals surface area (Å²) in [5.74, 6) is 0.392. The van der Waals surface area contributed by atoms with Crippen molar-refractivity contribution in [3.05, 3.63) is 95.6 Å². The summed E-state index contributed by atoms with van der Waals surface area (Å²) >= 11 is 0. The maximum absolute atomic E-state index is 12.8. The lowest BCUT2D eigenvalue weighted by molar-refractivity contribution is -0.117. The van der Waals surface area contributed by atoms with Gasteiger partial charge in [-0.1, -0.05) is 30.3 Å². The molecule has 0 fully saturated rings. The van der Waals surface area contributed by atoms with Gasteiger partial charge in [0.05, 0.1) is 12.4 Å². The maximum atomic E-state index is 12.8. The molecule has 0 unspecified atom stereocenters. The third-order valence-electron chi connectivity index (χ3n) is 4.08. The fraction of sp³-hybridized carbons (Fsp3) is 0.167. The summed E-state index contributed by atoms with van der Waals surface area (Å²) in [6.07, 6.45) is 3.06. The average Bonchev–Trinajstić information content (AvgIpc) is 3.25. The van der Waals surface area contributed by atoms with Gasteiger partial charge in [-0.2, -0.15) is 0 Å². The van der Waals surface area contributed by atoms with E-state index in [0.29, 0.717) is 11.3 Å². The Morgan fingerprint density at radius 2 is 1.83 bits per heavy atom. The minimum atomic E-state index is -0.425. The van der Waals surface area contributed by atoms with Crippen molar-refractivity contribution in [1.82, 2.24) is 10.6 Å². The first-order valence-electron chi connectivity index (χ1n) is 9.66. The number of carbonyl (C=O) groups is 2. The minimum Gasteiger partial charge on any atom is -0.491 e. The number of ether oxygens (including phenoxy) is 1. The largest absolute Gasteiger partial charge is 0.491 e. The highest BCUT2D eigenvalue weighted by atomic mass is 16.5. The molecule has 2 N–H and O–H groups in total. The molecule has 0 aliphatic heterocycles. The van der Waals surface area contributed by atoms with Crippen LogP contribution in [0.4, 0.5) is 0 Å². The summed E-state index contributed by atoms with van der Waals surface area (Å²) in [6.45, 7) is 4.19. The van der Waals surface area contributed by atoms with Gasteiger partial charge in [0.25, 0.3) is 11.8 Å². The van der Waals surface area contributed by atoms with E-state index < -0.39 is 5.91 Å². The summed E-state index contributed by atoms with van der Waals surface area (Å²) in [6, 6.07) is 19.6. The predicted octanol–water partition coefficient (Wildman–Crippen LogP) is 4.15. The second-order valence-corrected chi connectivity index (χ2v) is 6.89. The minimum absolute atomic E-state index is 0.0610. The van der Waals surface area contributed by atoms with Gasteiger partial charge in [0.2, 0.25) is 0 Å². The van der Waals surface area contributed by atoms with Crippen molar-refractivity contribution < 1.29 is 18.7 Å². The van der Waals surface area contributed by atoms with Gasteiger partial charge >= 0.3 is 0 Å². The van der Waals surface area contributed by atoms with Gasteiger partial charge < -0.3 is 19.8 Å². The molecule has 0 saturated carbocycles. The van der Waals surface area contributed by atoms with Crippen LogP contribution in [-0.4, -0.2) is 17.9 Å². The highest BCUT2D eigenvalue weighted by Crippen LogP contribution is 2.15. The van der Waals surface area contributed by atoms with Gasteiger partial charge in [-0.15, -0.1) is 0 Å². The van der Waals surface area contributed by atoms with E-state index in [-0.39, 0.29) is 24.3 Å². The van der Waals surface area contributed by atoms with Crippen LogP contribution < -0.4 is 15.4 Å². The molecule has 6 nitrogen and oxygen atoms in total. The number of rotatable bonds is 8. The van der Waals surface area contributed by atoms with Crippen molar-refractivity contribution >= 4 is 17.9 Å². The van der Waals surface area contributed by atoms with E-state index in [1.165, 1.54) is 12.3 Å². The van der Waals surface area contributed by atoms with E-state index in [0.717, 1.165) is 11.3 Å². The SMILES string of the molecule is CC(C)Oc1cccc(CNC(=O)/C(=C/c2ccco2)NC(=O)c2ccccc2)c1. The van der Waals surface area contributed by atoms with Gasteiger partial charge in [-0.05, 0) is 55.8 Å². The molecular formula is C24H24N2O4. The molecule has 2 amide bonds. The zero-order chi connectivity index (χ0) is 21.3. The van der Waals surface area contributed by atoms with E-state index in [9.17, 15) is 9.59 Å². The highest BCUT2D eigenvalue weighted by Gasteiger charge is 2.15. The van der Waals surface area contributed by atoms with Gasteiger partial charge in [-0.25, -0.2) is 0 Å². The molecule has 1 aromatic heterocycles. The monoisotopic (exact) mass is 404 g/mol. The first-order valence-corrected chi connectivity index (χ1v) is 9.66. The molecule has 0 radical (unpaired) electrons. The van der Waals surface area contributed by atoms with Crippen LogP contribution >= 0.6 is 0 Å². The molecule has 154 valence electrons. The molecule has 30 heavy (non-hydrogen) atoms. The van der Waals surface area contributed by atoms with Crippen LogP contribution in [0.15, 0.2) is 83.1 Å². The van der Waals surface area contributed by atoms with Crippen LogP contribution in [0.5, 0.6) is 5.75 Å². The van der Waals surface area contributed by atoms with Gasteiger partial charge in [-0.3, -0.25) is 9.59 Å². The number of nitrogens with one attached hydrogen (secondary N) is 2. The van der Waals surface area contributed by atoms with Gasteiger partial charge in [0.1, 0.15) is 17.2 Å². The summed E-state index contributed by atoms with van der Waals surface area (Å²) in [4.78, 5) is 25.3. The summed E-state index contributed by atoms with van der Waals surface area (Å²) in [7, 11) is 0. The molecule has 3 rings (SSSR count). The van der Waals surface area contributed by atoms with E-state index in [4.69, 9.17) is 9.15 Å². The normalized spacial score (nSPS) is 11.2. The van der Waals surface area contributed by atoms with Crippen LogP contribution in [0.25, 0.3) is 6.08 Å². The molecule has 2 aromatic carbocycles. The quantitative estimate of drug-likeness (QED) is 0.553. The first-order chi connectivity index (χ1) is 14.5. The van der Waals surface area contributed by atoms with Crippen molar-refractivity contribution in [2.45, 2.75) is 26.5 Å². The number of benzene rings is 2. The Kier molecular flexibility index (Phi) is 7.05. The number of carbonyl (C=O) groups excluding carboxylic acids is 2. The van der Waals surface area contributed by atoms with E-state index in [2.05, 4.69) is 10.6 Å². The van der Waals surface area contributed by atoms with E-state index >= 15 is 0 Å². The Labute approximate surface area is 175 Å². The fourth-order valence-electron chi connectivity index (χ4n) is 2.74. The molecule has 0 spiro atoms. The van der Waals surface area contributed by atoms with Gasteiger partial charge in [0, 0.05) is 18.2 Å². The second-order valence-electron chi connectivity index (χ2n) is 6.89. The van der Waals surface area contributed by atoms with Crippen LogP contribution in [0.1, 0.15) is 35.5 Å². The third-order valence-corrected chi connectivity index (χ3v) is 4.08. The number of hydrogen-bond donors (Lipinski definition) is 2. The maximum Gasteiger partial charge on any atom is 0.268 e. The summed E-state index contributed by atoms with van der Waals surface area (Å²) in [5, 5.41) is 5.50. The van der Waals surface area contributed by atoms with Crippen molar-refractivity contribution in [3.63, 3.8) is 0 Å². The molecule has 0 saturated heterocycles. The Bertz CT molecular complexity index is 1010. The molecular weight excluding hydrogens is 380 g/mol. The average molecular weight is 404 g/mol. The molecule has 0 atom stereocenters. The van der Waals surface area contributed by atoms with Crippen molar-refractivity contribution in [3.8, 4) is 5.75 Å². The van der Waals surface area contributed by atoms with Crippen molar-refractivity contribution in [2.24, 2.45) is 0 Å². The van der Waals surface area contributed by atoms with Crippen molar-refractivity contribution in [1.29, 1.82) is 0 Å². The van der Waals surface area contributed by atoms with Crippen LogP contribution in [0.2, 0.25) is 0 Å². The molecule has 0 aliphatic rings. The lowest BCUT2D eigenvalue weighted by Gasteiger charge is -2.13. The lowest BCUT2D eigenvalue weighted by atomic mass is 10.2. The van der Waals surface area contributed by atoms with E-state index in [1.54, 1.807) is 36.4 Å². The smallest absolute Gasteiger partial charge is 0.268 e. The van der Waals surface area contributed by atoms with Crippen molar-refractivity contribution in [2.75, 3.05) is 0 Å². The first kappa shape index (κ1) is 20.9. The number of hydrogen-bond acceptors (Lipinski definition) is 4. The zero-order valence-electron chi connectivity index (χ0n) is 16.9. The Morgan fingerprint density at radius 1 is 1.03 bits per heavy atom. The molecule has 0 aliphatic carbocycles. The zero-order valence-corrected chi connectivity index (χ0v) is 16.9. The number of furan rings is 1. The molecule has 0 bridgehead atoms. The fourth-order valence-corrected chi connectivity index (χ4v) is 2.74. The van der Waals surface area contributed by atoms with Crippen LogP contribution in [-0.2, 0) is 11.3 Å². The Hall–Kier alpha value is -3.80. The van der Waals surface area contributed by atoms with E-state index in [1.807, 2.05) is 44.2 Å². The number of amides is 2. The van der Waals surface area contributed by atoms with Crippen LogP contribution in [0, 0.1) is 0 Å². The molecule has 3 aromatic rings. The van der Waals surface area contributed by atoms with Crippen LogP contribution in [0.3, 0.4) is 0 Å². The summed E-state index contributed by atoms with van der Waals surface area (Å²) in [5.41, 5.74) is 1.43. The molecule has 6 heteroatoms. The molecule has 1 heterocycles. The Morgan fingerprint density at radius 3 is 2.53 bits per heavy atom. The summed E-state index contributed by atoms with van der Waals surface area (Å²) < 4.78 is 11.0. The topological polar surface area (TPSA) is 80.6 Å². The van der Waals surface area contributed by atoms with Gasteiger partial charge in [0.15, 0.2) is 0 Å². The standard InChI is InChI=1S/C24H24N2O4/c1-17(2)30-21-11-6-8-18(14-21)16-25-24(28)22(15-20-12-7-13-29-20)26-23(27)19-9-4-3-5-10-19/h3-15,17H,16H2,1-2H3,(H,25,28)(H,26,27)/b22-15-. The Balaban J connectivity index is 1.72. The second kappa shape index (κ2) is 10.1.